The van der Waals surface area contributed by atoms with Gasteiger partial charge in [0.05, 0.1) is 13.2 Å². The molecule has 18 heavy (non-hydrogen) atoms. The lowest BCUT2D eigenvalue weighted by Crippen LogP contribution is -2.36. The van der Waals surface area contributed by atoms with E-state index in [1.54, 1.807) is 13.8 Å². The van der Waals surface area contributed by atoms with Crippen molar-refractivity contribution in [2.75, 3.05) is 13.2 Å². The Balaban J connectivity index is 3.94. The van der Waals surface area contributed by atoms with Gasteiger partial charge in [0.15, 0.2) is 8.91 Å². The third-order valence-corrected chi connectivity index (χ3v) is 4.51. The van der Waals surface area contributed by atoms with E-state index in [9.17, 15) is 4.57 Å². The first-order chi connectivity index (χ1) is 7.94. The highest BCUT2D eigenvalue weighted by atomic mass is 35.5. The summed E-state index contributed by atoms with van der Waals surface area (Å²) in [6, 6.07) is 0. The Bertz CT molecular complexity index is 256. The summed E-state index contributed by atoms with van der Waals surface area (Å²) < 4.78 is 18.4. The van der Waals surface area contributed by atoms with Crippen LogP contribution in [0.2, 0.25) is 0 Å². The maximum Gasteiger partial charge on any atom is 0.319 e. The standard InChI is InChI=1S/C8H17Cl4N2O3P/c1-5(7(9,10)13)3-16-18(15)17-4-6(2)8(11,12)14/h5-6,18H,3-4,13-14H2,1-2H3. The summed E-state index contributed by atoms with van der Waals surface area (Å²) in [4.78, 5) is 0. The Morgan fingerprint density at radius 1 is 1.00 bits per heavy atom. The summed E-state index contributed by atoms with van der Waals surface area (Å²) >= 11 is 22.5. The molecule has 0 aromatic rings. The van der Waals surface area contributed by atoms with Crippen molar-refractivity contribution in [2.24, 2.45) is 23.3 Å². The number of hydrogen-bond donors (Lipinski definition) is 2. The number of alkyl halides is 4. The van der Waals surface area contributed by atoms with E-state index in [1.165, 1.54) is 0 Å². The zero-order valence-corrected chi connectivity index (χ0v) is 14.0. The van der Waals surface area contributed by atoms with Gasteiger partial charge < -0.3 is 9.05 Å². The molecule has 10 heteroatoms. The summed E-state index contributed by atoms with van der Waals surface area (Å²) in [7, 11) is -2.69. The predicted octanol–water partition coefficient (Wildman–Crippen LogP) is 2.86. The minimum atomic E-state index is -2.69. The molecule has 5 nitrogen and oxygen atoms in total. The highest BCUT2D eigenvalue weighted by Crippen LogP contribution is 2.32. The minimum absolute atomic E-state index is 0.00515. The zero-order valence-electron chi connectivity index (χ0n) is 9.96. The van der Waals surface area contributed by atoms with Gasteiger partial charge in [0.1, 0.15) is 0 Å². The maximum atomic E-state index is 11.4. The lowest BCUT2D eigenvalue weighted by atomic mass is 10.2. The summed E-state index contributed by atoms with van der Waals surface area (Å²) in [5.74, 6) is -0.823. The first-order valence-electron chi connectivity index (χ1n) is 5.07. The lowest BCUT2D eigenvalue weighted by Gasteiger charge is -2.23. The van der Waals surface area contributed by atoms with Crippen LogP contribution in [0.4, 0.5) is 0 Å². The molecular formula is C8H17Cl4N2O3P. The molecule has 0 amide bonds. The van der Waals surface area contributed by atoms with Gasteiger partial charge in [-0.2, -0.15) is 0 Å². The Hall–Kier alpha value is 1.23. The second-order valence-corrected chi connectivity index (χ2v) is 7.99. The van der Waals surface area contributed by atoms with E-state index in [4.69, 9.17) is 66.9 Å². The van der Waals surface area contributed by atoms with Gasteiger partial charge in [0, 0.05) is 11.8 Å². The van der Waals surface area contributed by atoms with Crippen molar-refractivity contribution in [3.8, 4) is 0 Å². The molecule has 0 heterocycles. The molecule has 0 aromatic carbocycles. The van der Waals surface area contributed by atoms with Crippen molar-refractivity contribution in [3.63, 3.8) is 0 Å². The highest BCUT2D eigenvalue weighted by molar-refractivity contribution is 7.33. The maximum absolute atomic E-state index is 11.4. The molecule has 0 rings (SSSR count). The highest BCUT2D eigenvalue weighted by Gasteiger charge is 2.28. The fraction of sp³-hybridized carbons (Fsp3) is 1.00. The van der Waals surface area contributed by atoms with Crippen LogP contribution >= 0.6 is 54.7 Å². The molecule has 0 fully saturated rings. The lowest BCUT2D eigenvalue weighted by molar-refractivity contribution is 0.177. The van der Waals surface area contributed by atoms with E-state index in [-0.39, 0.29) is 13.2 Å². The van der Waals surface area contributed by atoms with Crippen molar-refractivity contribution in [1.82, 2.24) is 0 Å². The van der Waals surface area contributed by atoms with E-state index in [0.29, 0.717) is 0 Å². The van der Waals surface area contributed by atoms with E-state index in [1.807, 2.05) is 0 Å². The second-order valence-electron chi connectivity index (χ2n) is 4.02. The van der Waals surface area contributed by atoms with Crippen LogP contribution in [0.15, 0.2) is 0 Å². The summed E-state index contributed by atoms with van der Waals surface area (Å²) in [6.07, 6.45) is 0. The Labute approximate surface area is 127 Å². The van der Waals surface area contributed by atoms with Gasteiger partial charge in [-0.3, -0.25) is 16.0 Å². The molecule has 4 N–H and O–H groups in total. The zero-order chi connectivity index (χ0) is 14.6. The third kappa shape index (κ3) is 8.41. The second kappa shape index (κ2) is 7.87. The Kier molecular flexibility index (Phi) is 8.40. The fourth-order valence-corrected chi connectivity index (χ4v) is 1.76. The molecule has 0 saturated heterocycles. The third-order valence-electron chi connectivity index (χ3n) is 2.22. The van der Waals surface area contributed by atoms with Crippen LogP contribution in [0.5, 0.6) is 0 Å². The van der Waals surface area contributed by atoms with Gasteiger partial charge in [0.2, 0.25) is 0 Å². The molecular weight excluding hydrogens is 345 g/mol. The number of nitrogens with two attached hydrogens (primary N) is 2. The van der Waals surface area contributed by atoms with Crippen LogP contribution in [0, 0.1) is 11.8 Å². The average molecular weight is 362 g/mol. The number of hydrogen-bond acceptors (Lipinski definition) is 5. The van der Waals surface area contributed by atoms with E-state index in [2.05, 4.69) is 0 Å². The van der Waals surface area contributed by atoms with Gasteiger partial charge >= 0.3 is 8.25 Å². The molecule has 0 saturated carbocycles. The summed E-state index contributed by atoms with van der Waals surface area (Å²) in [5.41, 5.74) is 10.8. The molecule has 0 bridgehead atoms. The average Bonchev–Trinajstić information content (AvgIpc) is 2.19. The predicted molar refractivity (Wildman–Crippen MR) is 76.5 cm³/mol. The van der Waals surface area contributed by atoms with Crippen LogP contribution in [0.1, 0.15) is 13.8 Å². The quantitative estimate of drug-likeness (QED) is 0.394. The van der Waals surface area contributed by atoms with Crippen molar-refractivity contribution in [2.45, 2.75) is 22.8 Å². The van der Waals surface area contributed by atoms with E-state index in [0.717, 1.165) is 0 Å². The van der Waals surface area contributed by atoms with Crippen molar-refractivity contribution >= 4 is 54.7 Å². The molecule has 0 spiro atoms. The Morgan fingerprint density at radius 2 is 1.28 bits per heavy atom. The van der Waals surface area contributed by atoms with Crippen molar-refractivity contribution in [3.05, 3.63) is 0 Å². The van der Waals surface area contributed by atoms with Crippen LogP contribution in [0.3, 0.4) is 0 Å². The van der Waals surface area contributed by atoms with Crippen molar-refractivity contribution in [1.29, 1.82) is 0 Å². The smallest absolute Gasteiger partial charge is 0.310 e. The van der Waals surface area contributed by atoms with Gasteiger partial charge in [0.25, 0.3) is 0 Å². The molecule has 0 radical (unpaired) electrons. The molecule has 0 aliphatic carbocycles. The summed E-state index contributed by atoms with van der Waals surface area (Å²) in [5, 5.41) is 0. The number of halogens is 4. The van der Waals surface area contributed by atoms with Crippen LogP contribution in [0.25, 0.3) is 0 Å². The Morgan fingerprint density at radius 3 is 1.50 bits per heavy atom. The molecule has 110 valence electrons. The van der Waals surface area contributed by atoms with Crippen LogP contribution in [-0.4, -0.2) is 22.1 Å². The molecule has 2 atom stereocenters. The van der Waals surface area contributed by atoms with Crippen LogP contribution in [-0.2, 0) is 13.6 Å². The largest absolute Gasteiger partial charge is 0.319 e. The molecule has 0 aliphatic rings. The van der Waals surface area contributed by atoms with E-state index < -0.39 is 29.0 Å². The SMILES string of the molecule is CC(CO[PH](=O)OCC(C)C(N)(Cl)Cl)C(N)(Cl)Cl. The number of rotatable bonds is 8. The molecule has 0 aliphatic heterocycles. The van der Waals surface area contributed by atoms with Gasteiger partial charge in [-0.05, 0) is 0 Å². The first kappa shape index (κ1) is 19.2. The fourth-order valence-electron chi connectivity index (χ4n) is 0.650. The molecule has 2 unspecified atom stereocenters. The van der Waals surface area contributed by atoms with E-state index >= 15 is 0 Å². The van der Waals surface area contributed by atoms with Gasteiger partial charge in [-0.25, -0.2) is 0 Å². The topological polar surface area (TPSA) is 87.6 Å². The van der Waals surface area contributed by atoms with Crippen molar-refractivity contribution < 1.29 is 13.6 Å². The minimum Gasteiger partial charge on any atom is -0.310 e. The normalized spacial score (nSPS) is 18.4. The summed E-state index contributed by atoms with van der Waals surface area (Å²) in [6.45, 7) is 3.32. The van der Waals surface area contributed by atoms with Gasteiger partial charge in [-0.15, -0.1) is 0 Å². The molecule has 0 aromatic heterocycles. The van der Waals surface area contributed by atoms with Crippen LogP contribution < -0.4 is 11.5 Å². The monoisotopic (exact) mass is 360 g/mol. The van der Waals surface area contributed by atoms with Gasteiger partial charge in [-0.1, -0.05) is 60.3 Å². The first-order valence-corrected chi connectivity index (χ1v) is 7.81.